The summed E-state index contributed by atoms with van der Waals surface area (Å²) in [6.45, 7) is 6.72. The van der Waals surface area contributed by atoms with Crippen molar-refractivity contribution in [1.82, 2.24) is 4.90 Å². The lowest BCUT2D eigenvalue weighted by Gasteiger charge is -2.19. The molecule has 0 spiro atoms. The molecule has 2 aromatic rings. The summed E-state index contributed by atoms with van der Waals surface area (Å²) in [7, 11) is 2.01. The Hall–Kier alpha value is -3.20. The van der Waals surface area contributed by atoms with E-state index in [2.05, 4.69) is 15.5 Å². The quantitative estimate of drug-likeness (QED) is 0.473. The minimum absolute atomic E-state index is 0.0905. The number of rotatable bonds is 10. The molecule has 0 aromatic heterocycles. The van der Waals surface area contributed by atoms with Gasteiger partial charge in [-0.25, -0.2) is 0 Å². The maximum Gasteiger partial charge on any atom is 0.269 e. The highest BCUT2D eigenvalue weighted by molar-refractivity contribution is 5.56. The molecular weight excluding hydrogens is 362 g/mol. The molecule has 0 aliphatic carbocycles. The van der Waals surface area contributed by atoms with Gasteiger partial charge in [0.2, 0.25) is 0 Å². The minimum atomic E-state index is -0.399. The molecule has 150 valence electrons. The number of anilines is 2. The molecule has 0 amide bonds. The predicted octanol–water partition coefficient (Wildman–Crippen LogP) is 3.58. The van der Waals surface area contributed by atoms with Crippen molar-refractivity contribution >= 4 is 22.7 Å². The Morgan fingerprint density at radius 2 is 1.21 bits per heavy atom. The summed E-state index contributed by atoms with van der Waals surface area (Å²) in [6, 6.07) is 9.56. The molecule has 0 fully saturated rings. The molecule has 0 radical (unpaired) electrons. The number of hydrogen-bond acceptors (Lipinski definition) is 7. The van der Waals surface area contributed by atoms with Gasteiger partial charge < -0.3 is 15.5 Å². The average molecular weight is 387 g/mol. The van der Waals surface area contributed by atoms with Crippen LogP contribution in [0.4, 0.5) is 22.7 Å². The van der Waals surface area contributed by atoms with Crippen LogP contribution in [0, 0.1) is 34.1 Å². The first-order valence-corrected chi connectivity index (χ1v) is 8.94. The molecule has 9 heteroatoms. The average Bonchev–Trinajstić information content (AvgIpc) is 2.64. The van der Waals surface area contributed by atoms with Crippen molar-refractivity contribution < 1.29 is 9.85 Å². The van der Waals surface area contributed by atoms with Gasteiger partial charge in [-0.2, -0.15) is 0 Å². The Balaban J connectivity index is 1.74. The van der Waals surface area contributed by atoms with Crippen LogP contribution in [-0.2, 0) is 0 Å². The zero-order valence-electron chi connectivity index (χ0n) is 16.3. The van der Waals surface area contributed by atoms with E-state index in [0.29, 0.717) is 13.1 Å². The second-order valence-electron chi connectivity index (χ2n) is 6.67. The minimum Gasteiger partial charge on any atom is -0.384 e. The number of benzene rings is 2. The SMILES string of the molecule is Cc1cc([N+](=O)[O-])ccc1NCCN(C)CCNc1ccc([N+](=O)[O-])cc1C. The van der Waals surface area contributed by atoms with E-state index in [1.54, 1.807) is 24.3 Å². The molecule has 2 rings (SSSR count). The van der Waals surface area contributed by atoms with E-state index >= 15 is 0 Å². The normalized spacial score (nSPS) is 10.7. The van der Waals surface area contributed by atoms with Gasteiger partial charge in [-0.1, -0.05) is 0 Å². The lowest BCUT2D eigenvalue weighted by Crippen LogP contribution is -2.30. The van der Waals surface area contributed by atoms with E-state index in [0.717, 1.165) is 35.6 Å². The number of likely N-dealkylation sites (N-methyl/N-ethyl adjacent to an activating group) is 1. The Labute approximate surface area is 163 Å². The number of nitrogens with one attached hydrogen (secondary N) is 2. The molecule has 0 heterocycles. The molecule has 0 unspecified atom stereocenters. The van der Waals surface area contributed by atoms with Crippen LogP contribution in [0.5, 0.6) is 0 Å². The number of nitro benzene ring substituents is 2. The Bertz CT molecular complexity index is 787. The smallest absolute Gasteiger partial charge is 0.269 e. The van der Waals surface area contributed by atoms with E-state index in [1.807, 2.05) is 20.9 Å². The third kappa shape index (κ3) is 5.92. The molecule has 0 saturated carbocycles. The Morgan fingerprint density at radius 1 is 0.821 bits per heavy atom. The lowest BCUT2D eigenvalue weighted by atomic mass is 10.2. The maximum absolute atomic E-state index is 10.8. The first-order valence-electron chi connectivity index (χ1n) is 8.94. The van der Waals surface area contributed by atoms with Gasteiger partial charge in [0, 0.05) is 61.8 Å². The van der Waals surface area contributed by atoms with Gasteiger partial charge in [-0.05, 0) is 44.2 Å². The maximum atomic E-state index is 10.8. The van der Waals surface area contributed by atoms with Crippen LogP contribution in [0.2, 0.25) is 0 Å². The number of nitrogens with zero attached hydrogens (tertiary/aromatic N) is 3. The Kier molecular flexibility index (Phi) is 7.28. The van der Waals surface area contributed by atoms with Gasteiger partial charge in [0.05, 0.1) is 9.85 Å². The molecule has 9 nitrogen and oxygen atoms in total. The molecule has 0 aliphatic rings. The standard InChI is InChI=1S/C19H25N5O4/c1-14-12-16(23(25)26)4-6-18(14)20-8-10-22(3)11-9-21-19-7-5-17(24(27)28)13-15(19)2/h4-7,12-13,20-21H,8-11H2,1-3H3. The van der Waals surface area contributed by atoms with Crippen molar-refractivity contribution in [2.45, 2.75) is 13.8 Å². The van der Waals surface area contributed by atoms with Crippen LogP contribution in [0.1, 0.15) is 11.1 Å². The fraction of sp³-hybridized carbons (Fsp3) is 0.368. The third-order valence-corrected chi connectivity index (χ3v) is 4.46. The summed E-state index contributed by atoms with van der Waals surface area (Å²) in [6.07, 6.45) is 0. The summed E-state index contributed by atoms with van der Waals surface area (Å²) in [5, 5.41) is 28.2. The van der Waals surface area contributed by atoms with Crippen molar-refractivity contribution in [3.8, 4) is 0 Å². The second kappa shape index (κ2) is 9.65. The van der Waals surface area contributed by atoms with E-state index in [-0.39, 0.29) is 11.4 Å². The zero-order chi connectivity index (χ0) is 20.7. The van der Waals surface area contributed by atoms with Crippen LogP contribution in [-0.4, -0.2) is 48.0 Å². The molecule has 0 bridgehead atoms. The van der Waals surface area contributed by atoms with Gasteiger partial charge in [-0.3, -0.25) is 20.2 Å². The van der Waals surface area contributed by atoms with Crippen molar-refractivity contribution in [1.29, 1.82) is 0 Å². The van der Waals surface area contributed by atoms with E-state index in [9.17, 15) is 20.2 Å². The van der Waals surface area contributed by atoms with Crippen molar-refractivity contribution in [3.05, 3.63) is 67.8 Å². The first kappa shape index (κ1) is 21.1. The van der Waals surface area contributed by atoms with Crippen LogP contribution < -0.4 is 10.6 Å². The van der Waals surface area contributed by atoms with Gasteiger partial charge in [0.25, 0.3) is 11.4 Å². The number of nitro groups is 2. The predicted molar refractivity (Wildman–Crippen MR) is 110 cm³/mol. The highest BCUT2D eigenvalue weighted by Gasteiger charge is 2.09. The zero-order valence-corrected chi connectivity index (χ0v) is 16.3. The highest BCUT2D eigenvalue weighted by Crippen LogP contribution is 2.21. The molecular formula is C19H25N5O4. The van der Waals surface area contributed by atoms with Crippen molar-refractivity contribution in [2.24, 2.45) is 0 Å². The summed E-state index contributed by atoms with van der Waals surface area (Å²) in [5.74, 6) is 0. The molecule has 2 aromatic carbocycles. The molecule has 0 saturated heterocycles. The van der Waals surface area contributed by atoms with Crippen molar-refractivity contribution in [2.75, 3.05) is 43.9 Å². The van der Waals surface area contributed by atoms with E-state index in [4.69, 9.17) is 0 Å². The number of aryl methyl sites for hydroxylation is 2. The number of hydrogen-bond donors (Lipinski definition) is 2. The van der Waals surface area contributed by atoms with Gasteiger partial charge in [0.1, 0.15) is 0 Å². The topological polar surface area (TPSA) is 114 Å². The molecule has 0 atom stereocenters. The molecule has 28 heavy (non-hydrogen) atoms. The lowest BCUT2D eigenvalue weighted by molar-refractivity contribution is -0.385. The monoisotopic (exact) mass is 387 g/mol. The highest BCUT2D eigenvalue weighted by atomic mass is 16.6. The van der Waals surface area contributed by atoms with Crippen LogP contribution >= 0.6 is 0 Å². The van der Waals surface area contributed by atoms with Gasteiger partial charge in [-0.15, -0.1) is 0 Å². The van der Waals surface area contributed by atoms with E-state index < -0.39 is 9.85 Å². The van der Waals surface area contributed by atoms with Crippen molar-refractivity contribution in [3.63, 3.8) is 0 Å². The molecule has 0 aliphatic heterocycles. The fourth-order valence-electron chi connectivity index (χ4n) is 2.79. The van der Waals surface area contributed by atoms with Crippen LogP contribution in [0.3, 0.4) is 0 Å². The first-order chi connectivity index (χ1) is 13.3. The Morgan fingerprint density at radius 3 is 1.54 bits per heavy atom. The van der Waals surface area contributed by atoms with E-state index in [1.165, 1.54) is 12.1 Å². The second-order valence-corrected chi connectivity index (χ2v) is 6.67. The fourth-order valence-corrected chi connectivity index (χ4v) is 2.79. The molecule has 2 N–H and O–H groups in total. The summed E-state index contributed by atoms with van der Waals surface area (Å²) >= 11 is 0. The van der Waals surface area contributed by atoms with Gasteiger partial charge in [0.15, 0.2) is 0 Å². The summed E-state index contributed by atoms with van der Waals surface area (Å²) in [4.78, 5) is 22.9. The van der Waals surface area contributed by atoms with Crippen LogP contribution in [0.25, 0.3) is 0 Å². The van der Waals surface area contributed by atoms with Crippen LogP contribution in [0.15, 0.2) is 36.4 Å². The summed E-state index contributed by atoms with van der Waals surface area (Å²) < 4.78 is 0. The number of non-ortho nitro benzene ring substituents is 2. The van der Waals surface area contributed by atoms with Gasteiger partial charge >= 0.3 is 0 Å². The summed E-state index contributed by atoms with van der Waals surface area (Å²) in [5.41, 5.74) is 3.64. The third-order valence-electron chi connectivity index (χ3n) is 4.46. The largest absolute Gasteiger partial charge is 0.384 e.